The number of esters is 1. The molecule has 1 heterocycles. The minimum atomic E-state index is -0.924. The first-order chi connectivity index (χ1) is 12.1. The van der Waals surface area contributed by atoms with E-state index in [1.54, 1.807) is 12.1 Å². The van der Waals surface area contributed by atoms with Gasteiger partial charge >= 0.3 is 5.97 Å². The van der Waals surface area contributed by atoms with Gasteiger partial charge in [0, 0.05) is 0 Å². The summed E-state index contributed by atoms with van der Waals surface area (Å²) in [5, 5.41) is 0. The molecule has 1 aliphatic heterocycles. The van der Waals surface area contributed by atoms with Crippen LogP contribution in [0.25, 0.3) is 0 Å². The second kappa shape index (κ2) is 6.22. The van der Waals surface area contributed by atoms with E-state index in [4.69, 9.17) is 4.74 Å². The van der Waals surface area contributed by atoms with Crippen LogP contribution in [0, 0.1) is 16.6 Å². The molecule has 3 nitrogen and oxygen atoms in total. The summed E-state index contributed by atoms with van der Waals surface area (Å²) in [4.78, 5) is 26.7. The van der Waals surface area contributed by atoms with Gasteiger partial charge in [0.05, 0.1) is 5.41 Å². The molecule has 0 unspecified atom stereocenters. The zero-order chi connectivity index (χ0) is 17.5. The monoisotopic (exact) mass is 344 g/mol. The molecule has 1 atom stereocenters. The van der Waals surface area contributed by atoms with Gasteiger partial charge in [0.2, 0.25) is 0 Å². The van der Waals surface area contributed by atoms with Crippen molar-refractivity contribution >= 4 is 11.8 Å². The highest BCUT2D eigenvalue weighted by atomic mass is 19.1. The molecule has 4 rings (SSSR count). The average molecular weight is 344 g/mol. The lowest BCUT2D eigenvalue weighted by Gasteiger charge is -2.52. The number of Topliss-reactive ketones (excluding diaryl/α,β-unsaturated/α-hetero) is 1. The van der Waals surface area contributed by atoms with Gasteiger partial charge in [-0.1, -0.05) is 50.7 Å². The predicted molar refractivity (Wildman–Crippen MR) is 91.3 cm³/mol. The summed E-state index contributed by atoms with van der Waals surface area (Å²) in [6.07, 6.45) is 8.21. The van der Waals surface area contributed by atoms with Crippen LogP contribution in [0.4, 0.5) is 4.39 Å². The molecule has 0 radical (unpaired) electrons. The Kier molecular flexibility index (Phi) is 4.17. The first-order valence-corrected chi connectivity index (χ1v) is 9.60. The van der Waals surface area contributed by atoms with Crippen molar-refractivity contribution in [2.24, 2.45) is 10.8 Å². The molecule has 2 saturated carbocycles. The molecular formula is C21H25FO3. The van der Waals surface area contributed by atoms with E-state index in [0.717, 1.165) is 56.9 Å². The quantitative estimate of drug-likeness (QED) is 0.538. The summed E-state index contributed by atoms with van der Waals surface area (Å²) in [7, 11) is 0. The Hall–Kier alpha value is -1.71. The van der Waals surface area contributed by atoms with Crippen LogP contribution >= 0.6 is 0 Å². The minimum Gasteiger partial charge on any atom is -0.456 e. The van der Waals surface area contributed by atoms with Crippen molar-refractivity contribution in [3.05, 3.63) is 35.6 Å². The smallest absolute Gasteiger partial charge is 0.320 e. The largest absolute Gasteiger partial charge is 0.456 e. The van der Waals surface area contributed by atoms with Gasteiger partial charge in [0.1, 0.15) is 17.3 Å². The van der Waals surface area contributed by atoms with E-state index in [0.29, 0.717) is 12.8 Å². The van der Waals surface area contributed by atoms with E-state index in [1.165, 1.54) is 12.1 Å². The zero-order valence-corrected chi connectivity index (χ0v) is 14.6. The van der Waals surface area contributed by atoms with Gasteiger partial charge in [0.15, 0.2) is 5.78 Å². The maximum Gasteiger partial charge on any atom is 0.320 e. The number of ether oxygens (including phenoxy) is 1. The van der Waals surface area contributed by atoms with Gasteiger partial charge in [-0.05, 0) is 43.4 Å². The summed E-state index contributed by atoms with van der Waals surface area (Å²) in [6, 6.07) is 6.09. The lowest BCUT2D eigenvalue weighted by molar-refractivity contribution is -0.198. The van der Waals surface area contributed by atoms with Crippen molar-refractivity contribution in [2.45, 2.75) is 70.3 Å². The third-order valence-electron chi connectivity index (χ3n) is 6.63. The number of benzene rings is 1. The molecule has 0 N–H and O–H groups in total. The fourth-order valence-corrected chi connectivity index (χ4v) is 5.30. The van der Waals surface area contributed by atoms with Crippen LogP contribution in [0.15, 0.2) is 24.3 Å². The fourth-order valence-electron chi connectivity index (χ4n) is 5.30. The number of hydrogen-bond donors (Lipinski definition) is 0. The van der Waals surface area contributed by atoms with Crippen LogP contribution in [0.1, 0.15) is 75.9 Å². The van der Waals surface area contributed by atoms with Crippen molar-refractivity contribution in [2.75, 3.05) is 0 Å². The predicted octanol–water partition coefficient (Wildman–Crippen LogP) is 4.89. The Morgan fingerprint density at radius 3 is 2.00 bits per heavy atom. The topological polar surface area (TPSA) is 43.4 Å². The molecular weight excluding hydrogens is 319 g/mol. The van der Waals surface area contributed by atoms with Crippen LogP contribution < -0.4 is 0 Å². The van der Waals surface area contributed by atoms with Crippen molar-refractivity contribution < 1.29 is 18.7 Å². The Morgan fingerprint density at radius 1 is 0.840 bits per heavy atom. The number of rotatable bonds is 1. The number of ketones is 1. The normalized spacial score (nSPS) is 28.1. The van der Waals surface area contributed by atoms with Crippen LogP contribution in [-0.2, 0) is 14.3 Å². The van der Waals surface area contributed by atoms with E-state index in [1.807, 2.05) is 0 Å². The SMILES string of the molecule is O=C1O[C@@H](c2ccc(F)cc2)C2(CCCCC2)C(=O)C12CCCCC2. The Labute approximate surface area is 147 Å². The lowest BCUT2D eigenvalue weighted by atomic mass is 9.55. The van der Waals surface area contributed by atoms with Gasteiger partial charge < -0.3 is 4.74 Å². The number of hydrogen-bond acceptors (Lipinski definition) is 3. The van der Waals surface area contributed by atoms with Crippen molar-refractivity contribution in [1.29, 1.82) is 0 Å². The van der Waals surface area contributed by atoms with Gasteiger partial charge in [-0.2, -0.15) is 0 Å². The molecule has 2 aliphatic carbocycles. The molecule has 3 aliphatic rings. The standard InChI is InChI=1S/C21H25FO3/c22-16-9-7-15(8-10-16)17-20(11-3-1-4-12-20)18(23)21(19(24)25-17)13-5-2-6-14-21/h7-10,17H,1-6,11-14H2/t17-/m0/s1. The third-order valence-corrected chi connectivity index (χ3v) is 6.63. The molecule has 0 amide bonds. The molecule has 1 aromatic carbocycles. The van der Waals surface area contributed by atoms with E-state index in [9.17, 15) is 14.0 Å². The summed E-state index contributed by atoms with van der Waals surface area (Å²) in [5.74, 6) is -0.550. The Morgan fingerprint density at radius 2 is 1.40 bits per heavy atom. The Balaban J connectivity index is 1.78. The first-order valence-electron chi connectivity index (χ1n) is 9.60. The minimum absolute atomic E-state index is 0.116. The van der Waals surface area contributed by atoms with Crippen LogP contribution in [-0.4, -0.2) is 11.8 Å². The number of carbonyl (C=O) groups excluding carboxylic acids is 2. The van der Waals surface area contributed by atoms with Crippen molar-refractivity contribution in [3.63, 3.8) is 0 Å². The van der Waals surface area contributed by atoms with Gasteiger partial charge in [0.25, 0.3) is 0 Å². The molecule has 134 valence electrons. The van der Waals surface area contributed by atoms with E-state index >= 15 is 0 Å². The lowest BCUT2D eigenvalue weighted by Crippen LogP contribution is -2.58. The highest BCUT2D eigenvalue weighted by Gasteiger charge is 2.63. The fraction of sp³-hybridized carbons (Fsp3) is 0.619. The van der Waals surface area contributed by atoms with E-state index in [-0.39, 0.29) is 17.6 Å². The number of halogens is 1. The van der Waals surface area contributed by atoms with Crippen LogP contribution in [0.3, 0.4) is 0 Å². The van der Waals surface area contributed by atoms with Gasteiger partial charge in [-0.15, -0.1) is 0 Å². The van der Waals surface area contributed by atoms with E-state index in [2.05, 4.69) is 0 Å². The Bertz CT molecular complexity index is 667. The van der Waals surface area contributed by atoms with Crippen molar-refractivity contribution in [3.8, 4) is 0 Å². The highest BCUT2D eigenvalue weighted by molar-refractivity contribution is 6.09. The molecule has 2 spiro atoms. The van der Waals surface area contributed by atoms with Crippen LogP contribution in [0.5, 0.6) is 0 Å². The maximum atomic E-state index is 13.8. The zero-order valence-electron chi connectivity index (χ0n) is 14.6. The first kappa shape index (κ1) is 16.7. The second-order valence-corrected chi connectivity index (χ2v) is 8.03. The molecule has 1 aromatic rings. The maximum absolute atomic E-state index is 13.8. The number of carbonyl (C=O) groups is 2. The van der Waals surface area contributed by atoms with Gasteiger partial charge in [-0.3, -0.25) is 9.59 Å². The average Bonchev–Trinajstić information content (AvgIpc) is 2.66. The molecule has 3 fully saturated rings. The third kappa shape index (κ3) is 2.52. The second-order valence-electron chi connectivity index (χ2n) is 8.03. The molecule has 1 saturated heterocycles. The van der Waals surface area contributed by atoms with Gasteiger partial charge in [-0.25, -0.2) is 4.39 Å². The molecule has 25 heavy (non-hydrogen) atoms. The molecule has 0 bridgehead atoms. The molecule has 4 heteroatoms. The summed E-state index contributed by atoms with van der Waals surface area (Å²) in [6.45, 7) is 0. The summed E-state index contributed by atoms with van der Waals surface area (Å²) in [5.41, 5.74) is -0.802. The molecule has 0 aromatic heterocycles. The summed E-state index contributed by atoms with van der Waals surface area (Å²) < 4.78 is 19.3. The van der Waals surface area contributed by atoms with E-state index < -0.39 is 16.9 Å². The van der Waals surface area contributed by atoms with Crippen molar-refractivity contribution in [1.82, 2.24) is 0 Å². The van der Waals surface area contributed by atoms with Crippen LogP contribution in [0.2, 0.25) is 0 Å². The number of cyclic esters (lactones) is 1. The summed E-state index contributed by atoms with van der Waals surface area (Å²) >= 11 is 0. The highest BCUT2D eigenvalue weighted by Crippen LogP contribution is 2.58.